The Hall–Kier alpha value is -3.55. The van der Waals surface area contributed by atoms with Gasteiger partial charge in [0.1, 0.15) is 0 Å². The average molecular weight is 478 g/mol. The predicted octanol–water partition coefficient (Wildman–Crippen LogP) is 3.31. The van der Waals surface area contributed by atoms with E-state index in [0.717, 1.165) is 24.9 Å². The van der Waals surface area contributed by atoms with Crippen LogP contribution < -0.4 is 14.4 Å². The molecule has 3 heterocycles. The summed E-state index contributed by atoms with van der Waals surface area (Å²) in [4.78, 5) is 44.8. The molecule has 8 nitrogen and oxygen atoms in total. The summed E-state index contributed by atoms with van der Waals surface area (Å²) >= 11 is 0. The summed E-state index contributed by atoms with van der Waals surface area (Å²) in [7, 11) is 0. The second kappa shape index (κ2) is 9.98. The van der Waals surface area contributed by atoms with Crippen molar-refractivity contribution in [3.05, 3.63) is 54.1 Å². The molecule has 8 heteroatoms. The van der Waals surface area contributed by atoms with E-state index in [2.05, 4.69) is 6.92 Å². The zero-order valence-electron chi connectivity index (χ0n) is 20.0. The van der Waals surface area contributed by atoms with Crippen molar-refractivity contribution in [1.82, 2.24) is 9.80 Å². The first-order chi connectivity index (χ1) is 17.0. The first kappa shape index (κ1) is 23.2. The lowest BCUT2D eigenvalue weighted by Crippen LogP contribution is -2.50. The highest BCUT2D eigenvalue weighted by molar-refractivity contribution is 6.00. The first-order valence-electron chi connectivity index (χ1n) is 12.4. The van der Waals surface area contributed by atoms with Gasteiger partial charge < -0.3 is 24.2 Å². The van der Waals surface area contributed by atoms with Gasteiger partial charge in [-0.2, -0.15) is 0 Å². The summed E-state index contributed by atoms with van der Waals surface area (Å²) in [5, 5.41) is 0. The molecule has 3 amide bonds. The van der Waals surface area contributed by atoms with Crippen LogP contribution in [-0.2, 0) is 9.59 Å². The van der Waals surface area contributed by atoms with E-state index in [1.165, 1.54) is 0 Å². The van der Waals surface area contributed by atoms with Crippen LogP contribution in [0.15, 0.2) is 48.5 Å². The topological polar surface area (TPSA) is 79.4 Å². The van der Waals surface area contributed by atoms with Gasteiger partial charge in [-0.1, -0.05) is 25.1 Å². The Balaban J connectivity index is 1.23. The second-order valence-electron chi connectivity index (χ2n) is 9.36. The summed E-state index contributed by atoms with van der Waals surface area (Å²) in [6.45, 7) is 4.51. The minimum absolute atomic E-state index is 0.0382. The molecule has 0 spiro atoms. The number of ether oxygens (including phenoxy) is 2. The maximum atomic E-state index is 13.6. The van der Waals surface area contributed by atoms with Gasteiger partial charge in [0.15, 0.2) is 11.5 Å². The lowest BCUT2D eigenvalue weighted by Gasteiger charge is -2.39. The Kier molecular flexibility index (Phi) is 6.61. The SMILES string of the molecule is CCCN(C(=O)C1CC(=O)N(c2ccc3c(c2)OCO3)C1)C1CCN(C(=O)c2ccccc2)CC1. The van der Waals surface area contributed by atoms with Crippen molar-refractivity contribution < 1.29 is 23.9 Å². The highest BCUT2D eigenvalue weighted by Crippen LogP contribution is 2.37. The van der Waals surface area contributed by atoms with Crippen LogP contribution in [0.4, 0.5) is 5.69 Å². The van der Waals surface area contributed by atoms with Crippen LogP contribution in [0, 0.1) is 5.92 Å². The molecule has 2 fully saturated rings. The van der Waals surface area contributed by atoms with Crippen LogP contribution in [-0.4, -0.2) is 66.5 Å². The Morgan fingerprint density at radius 1 is 1.03 bits per heavy atom. The molecule has 0 saturated carbocycles. The number of rotatable bonds is 6. The number of hydrogen-bond donors (Lipinski definition) is 0. The highest BCUT2D eigenvalue weighted by atomic mass is 16.7. The number of hydrogen-bond acceptors (Lipinski definition) is 5. The van der Waals surface area contributed by atoms with Crippen molar-refractivity contribution in [3.63, 3.8) is 0 Å². The molecule has 0 N–H and O–H groups in total. The maximum Gasteiger partial charge on any atom is 0.253 e. The molecule has 0 aliphatic carbocycles. The minimum Gasteiger partial charge on any atom is -0.454 e. The van der Waals surface area contributed by atoms with Gasteiger partial charge >= 0.3 is 0 Å². The summed E-state index contributed by atoms with van der Waals surface area (Å²) < 4.78 is 10.8. The minimum atomic E-state index is -0.372. The van der Waals surface area contributed by atoms with Crippen LogP contribution in [0.5, 0.6) is 11.5 Å². The number of benzene rings is 2. The van der Waals surface area contributed by atoms with Crippen LogP contribution in [0.1, 0.15) is 43.0 Å². The van der Waals surface area contributed by atoms with Crippen LogP contribution in [0.3, 0.4) is 0 Å². The van der Waals surface area contributed by atoms with E-state index in [1.807, 2.05) is 46.2 Å². The molecular weight excluding hydrogens is 446 g/mol. The summed E-state index contributed by atoms with van der Waals surface area (Å²) in [6.07, 6.45) is 2.55. The van der Waals surface area contributed by atoms with Crippen molar-refractivity contribution in [3.8, 4) is 11.5 Å². The monoisotopic (exact) mass is 477 g/mol. The zero-order chi connectivity index (χ0) is 24.4. The van der Waals surface area contributed by atoms with Gasteiger partial charge in [0.2, 0.25) is 18.6 Å². The number of likely N-dealkylation sites (tertiary alicyclic amines) is 1. The van der Waals surface area contributed by atoms with E-state index in [9.17, 15) is 14.4 Å². The third kappa shape index (κ3) is 4.70. The maximum absolute atomic E-state index is 13.6. The zero-order valence-corrected chi connectivity index (χ0v) is 20.0. The second-order valence-corrected chi connectivity index (χ2v) is 9.36. The number of piperidine rings is 1. The van der Waals surface area contributed by atoms with Gasteiger partial charge in [0.05, 0.1) is 5.92 Å². The highest BCUT2D eigenvalue weighted by Gasteiger charge is 2.40. The largest absolute Gasteiger partial charge is 0.454 e. The smallest absolute Gasteiger partial charge is 0.253 e. The van der Waals surface area contributed by atoms with Gasteiger partial charge in [-0.15, -0.1) is 0 Å². The fourth-order valence-electron chi connectivity index (χ4n) is 5.27. The molecule has 0 aromatic heterocycles. The van der Waals surface area contributed by atoms with Gasteiger partial charge in [-0.25, -0.2) is 0 Å². The molecular formula is C27H31N3O5. The van der Waals surface area contributed by atoms with E-state index in [0.29, 0.717) is 43.2 Å². The third-order valence-electron chi connectivity index (χ3n) is 7.10. The molecule has 2 aromatic rings. The number of carbonyl (C=O) groups is 3. The van der Waals surface area contributed by atoms with Crippen molar-refractivity contribution in [2.24, 2.45) is 5.92 Å². The number of carbonyl (C=O) groups excluding carboxylic acids is 3. The third-order valence-corrected chi connectivity index (χ3v) is 7.10. The van der Waals surface area contributed by atoms with E-state index in [1.54, 1.807) is 17.0 Å². The van der Waals surface area contributed by atoms with Crippen LogP contribution in [0.25, 0.3) is 0 Å². The molecule has 35 heavy (non-hydrogen) atoms. The van der Waals surface area contributed by atoms with Gasteiger partial charge in [0.25, 0.3) is 5.91 Å². The molecule has 0 radical (unpaired) electrons. The lowest BCUT2D eigenvalue weighted by atomic mass is 9.98. The summed E-state index contributed by atoms with van der Waals surface area (Å²) in [5.74, 6) is 0.938. The Bertz CT molecular complexity index is 1100. The Morgan fingerprint density at radius 2 is 1.77 bits per heavy atom. The van der Waals surface area contributed by atoms with Crippen molar-refractivity contribution >= 4 is 23.4 Å². The molecule has 2 aromatic carbocycles. The van der Waals surface area contributed by atoms with E-state index in [-0.39, 0.29) is 42.9 Å². The molecule has 1 unspecified atom stereocenters. The normalized spacial score (nSPS) is 19.8. The predicted molar refractivity (Wildman–Crippen MR) is 130 cm³/mol. The number of amides is 3. The molecule has 1 atom stereocenters. The molecule has 0 bridgehead atoms. The van der Waals surface area contributed by atoms with E-state index >= 15 is 0 Å². The van der Waals surface area contributed by atoms with Gasteiger partial charge in [-0.3, -0.25) is 14.4 Å². The van der Waals surface area contributed by atoms with Gasteiger partial charge in [-0.05, 0) is 43.5 Å². The summed E-state index contributed by atoms with van der Waals surface area (Å²) in [6, 6.07) is 14.8. The standard InChI is InChI=1S/C27H31N3O5/c1-2-12-29(21-10-13-28(14-11-21)26(32)19-6-4-3-5-7-19)27(33)20-15-25(31)30(17-20)22-8-9-23-24(16-22)35-18-34-23/h3-9,16,20-21H,2,10-15,17-18H2,1H3. The number of anilines is 1. The number of fused-ring (bicyclic) bond motifs is 1. The Labute approximate surface area is 205 Å². The van der Waals surface area contributed by atoms with Gasteiger partial charge in [0, 0.05) is 56.0 Å². The fourth-order valence-corrected chi connectivity index (χ4v) is 5.27. The first-order valence-corrected chi connectivity index (χ1v) is 12.4. The van der Waals surface area contributed by atoms with Crippen molar-refractivity contribution in [2.45, 2.75) is 38.6 Å². The molecule has 3 aliphatic heterocycles. The van der Waals surface area contributed by atoms with E-state index < -0.39 is 0 Å². The quantitative estimate of drug-likeness (QED) is 0.638. The lowest BCUT2D eigenvalue weighted by molar-refractivity contribution is -0.139. The molecule has 5 rings (SSSR count). The molecule has 184 valence electrons. The van der Waals surface area contributed by atoms with E-state index in [4.69, 9.17) is 9.47 Å². The molecule has 2 saturated heterocycles. The summed E-state index contributed by atoms with van der Waals surface area (Å²) in [5.41, 5.74) is 1.42. The van der Waals surface area contributed by atoms with Crippen LogP contribution >= 0.6 is 0 Å². The van der Waals surface area contributed by atoms with Crippen molar-refractivity contribution in [2.75, 3.05) is 37.9 Å². The fraction of sp³-hybridized carbons (Fsp3) is 0.444. The van der Waals surface area contributed by atoms with Crippen LogP contribution in [0.2, 0.25) is 0 Å². The molecule has 3 aliphatic rings. The average Bonchev–Trinajstić information content (AvgIpc) is 3.53. The van der Waals surface area contributed by atoms with Crippen molar-refractivity contribution in [1.29, 1.82) is 0 Å². The number of nitrogens with zero attached hydrogens (tertiary/aromatic N) is 3. The Morgan fingerprint density at radius 3 is 2.51 bits per heavy atom.